The molecule has 0 saturated heterocycles. The van der Waals surface area contributed by atoms with Crippen LogP contribution in [0.1, 0.15) is 24.4 Å². The number of aromatic nitrogens is 2. The average Bonchev–Trinajstić information content (AvgIpc) is 2.76. The van der Waals surface area contributed by atoms with Crippen LogP contribution >= 0.6 is 0 Å². The van der Waals surface area contributed by atoms with Gasteiger partial charge < -0.3 is 15.4 Å². The molecule has 0 amide bonds. The second kappa shape index (κ2) is 6.35. The largest absolute Gasteiger partial charge is 0.395 e. The van der Waals surface area contributed by atoms with Gasteiger partial charge in [0, 0.05) is 19.6 Å². The Morgan fingerprint density at radius 2 is 2.20 bits per heavy atom. The number of aryl methyl sites for hydroxylation is 1. The third-order valence-electron chi connectivity index (χ3n) is 3.77. The zero-order valence-corrected chi connectivity index (χ0v) is 12.5. The van der Waals surface area contributed by atoms with Gasteiger partial charge in [0.05, 0.1) is 23.7 Å². The molecule has 20 heavy (non-hydrogen) atoms. The molecule has 1 atom stereocenters. The summed E-state index contributed by atoms with van der Waals surface area (Å²) in [6.45, 7) is 6.30. The average molecular weight is 276 g/mol. The van der Waals surface area contributed by atoms with Gasteiger partial charge in [0.1, 0.15) is 5.82 Å². The Hall–Kier alpha value is -1.43. The van der Waals surface area contributed by atoms with Crippen molar-refractivity contribution >= 4 is 11.0 Å². The summed E-state index contributed by atoms with van der Waals surface area (Å²) in [5.41, 5.74) is 9.09. The summed E-state index contributed by atoms with van der Waals surface area (Å²) < 4.78 is 2.19. The number of nitrogens with two attached hydrogens (primary N) is 1. The number of hydrogen-bond donors (Lipinski definition) is 2. The van der Waals surface area contributed by atoms with Crippen molar-refractivity contribution in [3.05, 3.63) is 29.6 Å². The summed E-state index contributed by atoms with van der Waals surface area (Å²) in [6, 6.07) is 6.45. The van der Waals surface area contributed by atoms with E-state index >= 15 is 0 Å². The Kier molecular flexibility index (Phi) is 4.75. The van der Waals surface area contributed by atoms with Crippen molar-refractivity contribution in [2.24, 2.45) is 5.73 Å². The molecule has 2 rings (SSSR count). The minimum Gasteiger partial charge on any atom is -0.395 e. The third-order valence-corrected chi connectivity index (χ3v) is 3.77. The fraction of sp³-hybridized carbons (Fsp3) is 0.533. The molecule has 1 heterocycles. The lowest BCUT2D eigenvalue weighted by Crippen LogP contribution is -2.28. The highest BCUT2D eigenvalue weighted by atomic mass is 16.3. The van der Waals surface area contributed by atoms with E-state index in [1.54, 1.807) is 0 Å². The molecule has 5 nitrogen and oxygen atoms in total. The number of nitrogens with zero attached hydrogens (tertiary/aromatic N) is 3. The fourth-order valence-corrected chi connectivity index (χ4v) is 2.49. The number of hydrogen-bond acceptors (Lipinski definition) is 4. The number of imidazole rings is 1. The van der Waals surface area contributed by atoms with Crippen LogP contribution < -0.4 is 5.73 Å². The smallest absolute Gasteiger partial charge is 0.127 e. The number of benzene rings is 1. The fourth-order valence-electron chi connectivity index (χ4n) is 2.49. The topological polar surface area (TPSA) is 67.3 Å². The summed E-state index contributed by atoms with van der Waals surface area (Å²) in [5.74, 6) is 1.01. The van der Waals surface area contributed by atoms with Crippen molar-refractivity contribution in [2.75, 3.05) is 26.7 Å². The van der Waals surface area contributed by atoms with E-state index in [9.17, 15) is 0 Å². The van der Waals surface area contributed by atoms with Crippen molar-refractivity contribution in [1.82, 2.24) is 14.5 Å². The van der Waals surface area contributed by atoms with Crippen LogP contribution in [-0.4, -0.2) is 46.3 Å². The van der Waals surface area contributed by atoms with Crippen LogP contribution in [-0.2, 0) is 6.54 Å². The van der Waals surface area contributed by atoms with Gasteiger partial charge >= 0.3 is 0 Å². The molecular weight excluding hydrogens is 252 g/mol. The van der Waals surface area contributed by atoms with E-state index in [-0.39, 0.29) is 12.6 Å². The summed E-state index contributed by atoms with van der Waals surface area (Å²) in [5, 5.41) is 9.09. The predicted molar refractivity (Wildman–Crippen MR) is 81.7 cm³/mol. The van der Waals surface area contributed by atoms with Crippen LogP contribution in [0.3, 0.4) is 0 Å². The highest BCUT2D eigenvalue weighted by molar-refractivity contribution is 5.77. The van der Waals surface area contributed by atoms with Gasteiger partial charge in [0.25, 0.3) is 0 Å². The molecule has 5 heteroatoms. The van der Waals surface area contributed by atoms with E-state index < -0.39 is 0 Å². The van der Waals surface area contributed by atoms with Crippen molar-refractivity contribution in [3.63, 3.8) is 0 Å². The molecule has 1 aromatic carbocycles. The summed E-state index contributed by atoms with van der Waals surface area (Å²) in [7, 11) is 2.00. The zero-order valence-electron chi connectivity index (χ0n) is 12.5. The molecule has 0 bridgehead atoms. The lowest BCUT2D eigenvalue weighted by Gasteiger charge is -2.24. The van der Waals surface area contributed by atoms with Gasteiger partial charge in [0.15, 0.2) is 0 Å². The van der Waals surface area contributed by atoms with Crippen molar-refractivity contribution in [2.45, 2.75) is 26.4 Å². The highest BCUT2D eigenvalue weighted by Crippen LogP contribution is 2.24. The van der Waals surface area contributed by atoms with E-state index in [1.165, 1.54) is 5.56 Å². The third kappa shape index (κ3) is 2.85. The number of aliphatic hydroxyl groups excluding tert-OH is 1. The quantitative estimate of drug-likeness (QED) is 0.834. The Bertz CT molecular complexity index is 579. The van der Waals surface area contributed by atoms with E-state index in [0.29, 0.717) is 13.1 Å². The molecule has 0 aliphatic heterocycles. The van der Waals surface area contributed by atoms with Crippen LogP contribution in [0.15, 0.2) is 18.2 Å². The molecule has 0 fully saturated rings. The van der Waals surface area contributed by atoms with Crippen molar-refractivity contribution in [3.8, 4) is 0 Å². The Balaban J connectivity index is 2.47. The molecule has 0 aliphatic carbocycles. The summed E-state index contributed by atoms with van der Waals surface area (Å²) >= 11 is 0. The van der Waals surface area contributed by atoms with Gasteiger partial charge in [0.2, 0.25) is 0 Å². The number of fused-ring (bicyclic) bond motifs is 1. The van der Waals surface area contributed by atoms with Gasteiger partial charge in [-0.2, -0.15) is 0 Å². The Morgan fingerprint density at radius 3 is 2.85 bits per heavy atom. The zero-order chi connectivity index (χ0) is 14.7. The first-order valence-corrected chi connectivity index (χ1v) is 7.06. The Morgan fingerprint density at radius 1 is 1.45 bits per heavy atom. The predicted octanol–water partition coefficient (Wildman–Crippen LogP) is 1.29. The van der Waals surface area contributed by atoms with E-state index in [0.717, 1.165) is 23.4 Å². The summed E-state index contributed by atoms with van der Waals surface area (Å²) in [4.78, 5) is 6.88. The maximum Gasteiger partial charge on any atom is 0.127 e. The lowest BCUT2D eigenvalue weighted by atomic mass is 10.2. The molecule has 110 valence electrons. The number of aliphatic hydroxyl groups is 1. The Labute approximate surface area is 120 Å². The monoisotopic (exact) mass is 276 g/mol. The van der Waals surface area contributed by atoms with Crippen molar-refractivity contribution in [1.29, 1.82) is 0 Å². The maximum atomic E-state index is 9.09. The SMILES string of the molecule is Cc1ccc2c(c1)nc(C(C)N(C)CCO)n2CCN. The first kappa shape index (κ1) is 15.0. The normalized spacial score (nSPS) is 13.3. The van der Waals surface area contributed by atoms with Gasteiger partial charge in [-0.3, -0.25) is 4.90 Å². The minimum absolute atomic E-state index is 0.140. The van der Waals surface area contributed by atoms with Crippen LogP contribution in [0.4, 0.5) is 0 Å². The summed E-state index contributed by atoms with van der Waals surface area (Å²) in [6.07, 6.45) is 0. The van der Waals surface area contributed by atoms with Crippen LogP contribution in [0.2, 0.25) is 0 Å². The molecule has 3 N–H and O–H groups in total. The van der Waals surface area contributed by atoms with Gasteiger partial charge in [-0.05, 0) is 38.6 Å². The van der Waals surface area contributed by atoms with Gasteiger partial charge in [-0.25, -0.2) is 4.98 Å². The van der Waals surface area contributed by atoms with Crippen LogP contribution in [0.5, 0.6) is 0 Å². The van der Waals surface area contributed by atoms with Crippen LogP contribution in [0, 0.1) is 6.92 Å². The molecule has 0 spiro atoms. The number of likely N-dealkylation sites (N-methyl/N-ethyl adjacent to an activating group) is 1. The standard InChI is InChI=1S/C15H24N4O/c1-11-4-5-14-13(10-11)17-15(19(14)7-6-16)12(2)18(3)8-9-20/h4-5,10,12,20H,6-9,16H2,1-3H3. The molecule has 0 aliphatic rings. The highest BCUT2D eigenvalue weighted by Gasteiger charge is 2.19. The van der Waals surface area contributed by atoms with Gasteiger partial charge in [-0.1, -0.05) is 6.07 Å². The molecule has 0 radical (unpaired) electrons. The second-order valence-electron chi connectivity index (χ2n) is 5.28. The lowest BCUT2D eigenvalue weighted by molar-refractivity contribution is 0.182. The molecule has 1 unspecified atom stereocenters. The first-order valence-electron chi connectivity index (χ1n) is 7.06. The molecular formula is C15H24N4O. The first-order chi connectivity index (χ1) is 9.58. The molecule has 2 aromatic rings. The molecule has 1 aromatic heterocycles. The van der Waals surface area contributed by atoms with Gasteiger partial charge in [-0.15, -0.1) is 0 Å². The van der Waals surface area contributed by atoms with Crippen LogP contribution in [0.25, 0.3) is 11.0 Å². The molecule has 0 saturated carbocycles. The van der Waals surface area contributed by atoms with E-state index in [1.807, 2.05) is 7.05 Å². The minimum atomic E-state index is 0.140. The van der Waals surface area contributed by atoms with Crippen molar-refractivity contribution < 1.29 is 5.11 Å². The van der Waals surface area contributed by atoms with E-state index in [4.69, 9.17) is 15.8 Å². The van der Waals surface area contributed by atoms with E-state index in [2.05, 4.69) is 41.5 Å². The maximum absolute atomic E-state index is 9.09. The second-order valence-corrected chi connectivity index (χ2v) is 5.28. The number of rotatable bonds is 6.